The molecule has 0 aromatic heterocycles. The molecule has 0 bridgehead atoms. The van der Waals surface area contributed by atoms with Gasteiger partial charge in [-0.2, -0.15) is 5.26 Å². The minimum atomic E-state index is -0.375. The Labute approximate surface area is 110 Å². The first kappa shape index (κ1) is 13.2. The summed E-state index contributed by atoms with van der Waals surface area (Å²) in [6, 6.07) is 12.6. The van der Waals surface area contributed by atoms with Crippen LogP contribution in [0.2, 0.25) is 0 Å². The molecule has 4 heteroatoms. The molecule has 2 nitrogen and oxygen atoms in total. The average Bonchev–Trinajstić information content (AvgIpc) is 2.43. The number of hydrogen-bond acceptors (Lipinski definition) is 2. The zero-order valence-electron chi connectivity index (χ0n) is 10.2. The number of rotatable bonds is 4. The maximum Gasteiger partial charge on any atom is 0.127 e. The molecule has 2 aromatic carbocycles. The van der Waals surface area contributed by atoms with Gasteiger partial charge in [-0.25, -0.2) is 8.78 Å². The van der Waals surface area contributed by atoms with Gasteiger partial charge in [0.1, 0.15) is 11.6 Å². The fourth-order valence-corrected chi connectivity index (χ4v) is 1.75. The molecule has 0 radical (unpaired) electrons. The molecular formula is C15H12F2N2. The molecule has 0 fully saturated rings. The van der Waals surface area contributed by atoms with E-state index in [9.17, 15) is 8.78 Å². The summed E-state index contributed by atoms with van der Waals surface area (Å²) in [6.07, 6.45) is 0. The quantitative estimate of drug-likeness (QED) is 0.914. The Bertz CT molecular complexity index is 618. The number of hydrogen-bond donors (Lipinski definition) is 1. The third kappa shape index (κ3) is 3.36. The van der Waals surface area contributed by atoms with Crippen LogP contribution in [0.15, 0.2) is 42.5 Å². The monoisotopic (exact) mass is 258 g/mol. The molecular weight excluding hydrogens is 246 g/mol. The molecule has 0 heterocycles. The highest BCUT2D eigenvalue weighted by Crippen LogP contribution is 2.11. The van der Waals surface area contributed by atoms with E-state index in [4.69, 9.17) is 5.26 Å². The zero-order valence-corrected chi connectivity index (χ0v) is 10.2. The number of nitrogens with one attached hydrogen (secondary N) is 1. The van der Waals surface area contributed by atoms with E-state index < -0.39 is 0 Å². The van der Waals surface area contributed by atoms with Crippen LogP contribution in [0, 0.1) is 23.0 Å². The highest BCUT2D eigenvalue weighted by Gasteiger charge is 2.04. The molecule has 2 aromatic rings. The van der Waals surface area contributed by atoms with Crippen LogP contribution in [0.5, 0.6) is 0 Å². The smallest absolute Gasteiger partial charge is 0.127 e. The summed E-state index contributed by atoms with van der Waals surface area (Å²) in [5, 5.41) is 11.7. The summed E-state index contributed by atoms with van der Waals surface area (Å²) < 4.78 is 26.8. The predicted octanol–water partition coefficient (Wildman–Crippen LogP) is 3.13. The van der Waals surface area contributed by atoms with Crippen LogP contribution in [0.3, 0.4) is 0 Å². The number of nitrogens with zero attached hydrogens (tertiary/aromatic N) is 1. The first-order chi connectivity index (χ1) is 9.20. The lowest BCUT2D eigenvalue weighted by Crippen LogP contribution is -2.14. The van der Waals surface area contributed by atoms with Crippen LogP contribution in [0.4, 0.5) is 8.78 Å². The Hall–Kier alpha value is -2.25. The molecule has 1 N–H and O–H groups in total. The molecule has 0 saturated heterocycles. The van der Waals surface area contributed by atoms with Crippen molar-refractivity contribution in [3.05, 3.63) is 70.8 Å². The molecule has 0 atom stereocenters. The average molecular weight is 258 g/mol. The lowest BCUT2D eigenvalue weighted by atomic mass is 10.1. The van der Waals surface area contributed by atoms with Crippen molar-refractivity contribution in [3.8, 4) is 6.07 Å². The zero-order chi connectivity index (χ0) is 13.7. The molecule has 0 amide bonds. The Morgan fingerprint density at radius 1 is 0.947 bits per heavy atom. The first-order valence-electron chi connectivity index (χ1n) is 5.83. The Morgan fingerprint density at radius 2 is 1.63 bits per heavy atom. The molecule has 0 aliphatic rings. The van der Waals surface area contributed by atoms with Gasteiger partial charge in [0.2, 0.25) is 0 Å². The van der Waals surface area contributed by atoms with Crippen molar-refractivity contribution in [1.82, 2.24) is 5.32 Å². The largest absolute Gasteiger partial charge is 0.308 e. The van der Waals surface area contributed by atoms with E-state index in [2.05, 4.69) is 5.32 Å². The van der Waals surface area contributed by atoms with Gasteiger partial charge in [-0.1, -0.05) is 18.2 Å². The normalized spacial score (nSPS) is 10.2. The fraction of sp³-hybridized carbons (Fsp3) is 0.133. The summed E-state index contributed by atoms with van der Waals surface area (Å²) in [6.45, 7) is 0.554. The van der Waals surface area contributed by atoms with Crippen molar-refractivity contribution in [2.45, 2.75) is 13.1 Å². The van der Waals surface area contributed by atoms with Gasteiger partial charge in [0.05, 0.1) is 11.6 Å². The lowest BCUT2D eigenvalue weighted by molar-refractivity contribution is 0.569. The molecule has 0 aliphatic carbocycles. The van der Waals surface area contributed by atoms with Crippen molar-refractivity contribution < 1.29 is 8.78 Å². The molecule has 0 aliphatic heterocycles. The highest BCUT2D eigenvalue weighted by molar-refractivity contribution is 5.33. The third-order valence-electron chi connectivity index (χ3n) is 2.76. The van der Waals surface area contributed by atoms with Crippen molar-refractivity contribution >= 4 is 0 Å². The summed E-state index contributed by atoms with van der Waals surface area (Å²) in [7, 11) is 0. The van der Waals surface area contributed by atoms with Crippen molar-refractivity contribution in [2.75, 3.05) is 0 Å². The maximum atomic E-state index is 13.5. The molecule has 0 spiro atoms. The minimum absolute atomic E-state index is 0.246. The lowest BCUT2D eigenvalue weighted by Gasteiger charge is -2.07. The van der Waals surface area contributed by atoms with Gasteiger partial charge in [0.25, 0.3) is 0 Å². The second-order valence-electron chi connectivity index (χ2n) is 4.11. The second-order valence-corrected chi connectivity index (χ2v) is 4.11. The van der Waals surface area contributed by atoms with Crippen molar-refractivity contribution in [1.29, 1.82) is 5.26 Å². The molecule has 19 heavy (non-hydrogen) atoms. The van der Waals surface area contributed by atoms with Gasteiger partial charge in [0.15, 0.2) is 0 Å². The van der Waals surface area contributed by atoms with Crippen LogP contribution in [0.1, 0.15) is 16.7 Å². The summed E-state index contributed by atoms with van der Waals surface area (Å²) in [5.74, 6) is -0.665. The summed E-state index contributed by atoms with van der Waals surface area (Å²) in [4.78, 5) is 0. The van der Waals surface area contributed by atoms with Crippen LogP contribution in [-0.4, -0.2) is 0 Å². The van der Waals surface area contributed by atoms with E-state index in [0.29, 0.717) is 23.2 Å². The van der Waals surface area contributed by atoms with Gasteiger partial charge >= 0.3 is 0 Å². The molecule has 2 rings (SSSR count). The maximum absolute atomic E-state index is 13.5. The van der Waals surface area contributed by atoms with E-state index in [1.54, 1.807) is 18.2 Å². The summed E-state index contributed by atoms with van der Waals surface area (Å²) in [5.41, 5.74) is 1.33. The molecule has 0 unspecified atom stereocenters. The van der Waals surface area contributed by atoms with Crippen LogP contribution < -0.4 is 5.32 Å². The van der Waals surface area contributed by atoms with Crippen molar-refractivity contribution in [2.24, 2.45) is 0 Å². The van der Waals surface area contributed by atoms with Gasteiger partial charge in [-0.3, -0.25) is 0 Å². The Balaban J connectivity index is 2.00. The van der Waals surface area contributed by atoms with Crippen LogP contribution in [-0.2, 0) is 13.1 Å². The van der Waals surface area contributed by atoms with Crippen LogP contribution >= 0.6 is 0 Å². The van der Waals surface area contributed by atoms with Gasteiger partial charge in [-0.15, -0.1) is 0 Å². The Morgan fingerprint density at radius 3 is 2.37 bits per heavy atom. The number of halogens is 2. The predicted molar refractivity (Wildman–Crippen MR) is 68.1 cm³/mol. The van der Waals surface area contributed by atoms with Crippen molar-refractivity contribution in [3.63, 3.8) is 0 Å². The van der Waals surface area contributed by atoms with E-state index in [0.717, 1.165) is 0 Å². The topological polar surface area (TPSA) is 35.8 Å². The van der Waals surface area contributed by atoms with Crippen LogP contribution in [0.25, 0.3) is 0 Å². The SMILES string of the molecule is N#Cc1ccc(F)c(CNCc2ccccc2F)c1. The first-order valence-corrected chi connectivity index (χ1v) is 5.83. The Kier molecular flexibility index (Phi) is 4.22. The highest BCUT2D eigenvalue weighted by atomic mass is 19.1. The fourth-order valence-electron chi connectivity index (χ4n) is 1.75. The van der Waals surface area contributed by atoms with E-state index in [-0.39, 0.29) is 18.2 Å². The van der Waals surface area contributed by atoms with Gasteiger partial charge in [0, 0.05) is 24.2 Å². The van der Waals surface area contributed by atoms with Gasteiger partial charge in [-0.05, 0) is 24.3 Å². The summed E-state index contributed by atoms with van der Waals surface area (Å²) >= 11 is 0. The van der Waals surface area contributed by atoms with E-state index in [1.165, 1.54) is 24.3 Å². The second kappa shape index (κ2) is 6.07. The number of nitriles is 1. The van der Waals surface area contributed by atoms with Gasteiger partial charge < -0.3 is 5.32 Å². The number of benzene rings is 2. The molecule has 0 saturated carbocycles. The van der Waals surface area contributed by atoms with E-state index in [1.807, 2.05) is 6.07 Å². The molecule has 96 valence electrons. The van der Waals surface area contributed by atoms with E-state index >= 15 is 0 Å². The standard InChI is InChI=1S/C15H12F2N2/c16-14-4-2-1-3-12(14)9-19-10-13-7-11(8-18)5-6-15(13)17/h1-7,19H,9-10H2. The minimum Gasteiger partial charge on any atom is -0.308 e. The third-order valence-corrected chi connectivity index (χ3v) is 2.76.